The van der Waals surface area contributed by atoms with Crippen LogP contribution in [0.3, 0.4) is 0 Å². The van der Waals surface area contributed by atoms with Gasteiger partial charge in [0.1, 0.15) is 5.69 Å². The van der Waals surface area contributed by atoms with Crippen molar-refractivity contribution in [3.8, 4) is 0 Å². The van der Waals surface area contributed by atoms with Crippen molar-refractivity contribution in [1.82, 2.24) is 15.0 Å². The molecule has 86 valence electrons. The minimum absolute atomic E-state index is 0.0533. The van der Waals surface area contributed by atoms with Crippen LogP contribution < -0.4 is 0 Å². The van der Waals surface area contributed by atoms with Crippen molar-refractivity contribution in [2.75, 3.05) is 0 Å². The van der Waals surface area contributed by atoms with Gasteiger partial charge in [0.05, 0.1) is 0 Å². The maximum Gasteiger partial charge on any atom is 0.192 e. The lowest BCUT2D eigenvalue weighted by Gasteiger charge is -2.00. The molecule has 5 heteroatoms. The van der Waals surface area contributed by atoms with Crippen LogP contribution in [-0.2, 0) is 0 Å². The topological polar surface area (TPSA) is 55.7 Å². The Kier molecular flexibility index (Phi) is 3.82. The van der Waals surface area contributed by atoms with E-state index in [1.165, 1.54) is 11.8 Å². The lowest BCUT2D eigenvalue weighted by molar-refractivity contribution is 0.0983. The summed E-state index contributed by atoms with van der Waals surface area (Å²) in [7, 11) is 0. The van der Waals surface area contributed by atoms with Gasteiger partial charge in [-0.3, -0.25) is 9.78 Å². The monoisotopic (exact) mass is 245 g/mol. The minimum Gasteiger partial charge on any atom is -0.292 e. The molecule has 0 atom stereocenters. The van der Waals surface area contributed by atoms with Gasteiger partial charge in [0.25, 0.3) is 0 Å². The van der Waals surface area contributed by atoms with Gasteiger partial charge in [-0.1, -0.05) is 6.92 Å². The van der Waals surface area contributed by atoms with Gasteiger partial charge in [-0.2, -0.15) is 0 Å². The molecule has 0 radical (unpaired) electrons. The lowest BCUT2D eigenvalue weighted by Crippen LogP contribution is -1.99. The Morgan fingerprint density at radius 3 is 2.59 bits per heavy atom. The molecule has 2 aromatic heterocycles. The largest absolute Gasteiger partial charge is 0.292 e. The van der Waals surface area contributed by atoms with Crippen molar-refractivity contribution >= 4 is 17.5 Å². The Balaban J connectivity index is 2.11. The number of hydrogen-bond donors (Lipinski definition) is 0. The number of carbonyl (C=O) groups is 1. The van der Waals surface area contributed by atoms with Crippen molar-refractivity contribution in [2.45, 2.75) is 23.4 Å². The van der Waals surface area contributed by atoms with Crippen LogP contribution in [0.1, 0.15) is 23.8 Å². The third-order valence-corrected chi connectivity index (χ3v) is 2.96. The molecule has 0 aliphatic carbocycles. The van der Waals surface area contributed by atoms with Gasteiger partial charge in [0.2, 0.25) is 0 Å². The highest BCUT2D eigenvalue weighted by molar-refractivity contribution is 7.99. The summed E-state index contributed by atoms with van der Waals surface area (Å²) in [5, 5.41) is 0.670. The van der Waals surface area contributed by atoms with E-state index < -0.39 is 0 Å². The summed E-state index contributed by atoms with van der Waals surface area (Å²) in [6, 6.07) is 5.36. The molecule has 0 spiro atoms. The van der Waals surface area contributed by atoms with Crippen LogP contribution in [0, 0.1) is 0 Å². The zero-order valence-corrected chi connectivity index (χ0v) is 10.1. The summed E-state index contributed by atoms with van der Waals surface area (Å²) in [5.74, 6) is 0.0533. The molecule has 0 aromatic carbocycles. The van der Waals surface area contributed by atoms with Crippen molar-refractivity contribution in [2.24, 2.45) is 0 Å². The Bertz CT molecular complexity index is 499. The van der Waals surface area contributed by atoms with E-state index in [0.717, 1.165) is 4.90 Å². The van der Waals surface area contributed by atoms with Gasteiger partial charge >= 0.3 is 0 Å². The van der Waals surface area contributed by atoms with E-state index in [4.69, 9.17) is 0 Å². The van der Waals surface area contributed by atoms with E-state index in [1.54, 1.807) is 30.7 Å². The normalized spacial score (nSPS) is 10.2. The molecule has 2 aromatic rings. The van der Waals surface area contributed by atoms with Crippen LogP contribution >= 0.6 is 11.8 Å². The zero-order chi connectivity index (χ0) is 12.1. The molecule has 0 saturated carbocycles. The summed E-state index contributed by atoms with van der Waals surface area (Å²) < 4.78 is 0. The van der Waals surface area contributed by atoms with E-state index >= 15 is 0 Å². The summed E-state index contributed by atoms with van der Waals surface area (Å²) >= 11 is 1.42. The van der Waals surface area contributed by atoms with E-state index in [2.05, 4.69) is 15.0 Å². The highest BCUT2D eigenvalue weighted by atomic mass is 32.2. The van der Waals surface area contributed by atoms with Crippen LogP contribution in [0.4, 0.5) is 0 Å². The summed E-state index contributed by atoms with van der Waals surface area (Å²) in [6.07, 6.45) is 5.53. The Labute approximate surface area is 104 Å². The Morgan fingerprint density at radius 2 is 2.00 bits per heavy atom. The molecule has 4 nitrogen and oxygen atoms in total. The molecule has 0 bridgehead atoms. The molecule has 0 aliphatic heterocycles. The predicted octanol–water partition coefficient (Wildman–Crippen LogP) is 2.62. The molecule has 0 N–H and O–H groups in total. The molecule has 0 aliphatic rings. The maximum atomic E-state index is 11.4. The summed E-state index contributed by atoms with van der Waals surface area (Å²) in [6.45, 7) is 1.82. The molecule has 0 unspecified atom stereocenters. The second kappa shape index (κ2) is 5.54. The van der Waals surface area contributed by atoms with Crippen LogP contribution in [0.25, 0.3) is 0 Å². The molecule has 0 fully saturated rings. The fourth-order valence-electron chi connectivity index (χ4n) is 1.23. The fourth-order valence-corrected chi connectivity index (χ4v) is 1.91. The number of ketones is 1. The Morgan fingerprint density at radius 1 is 1.24 bits per heavy atom. The predicted molar refractivity (Wildman–Crippen MR) is 65.0 cm³/mol. The molecule has 0 saturated heterocycles. The molecule has 2 rings (SSSR count). The van der Waals surface area contributed by atoms with E-state index in [9.17, 15) is 4.79 Å². The van der Waals surface area contributed by atoms with Gasteiger partial charge in [0, 0.05) is 29.9 Å². The highest BCUT2D eigenvalue weighted by Gasteiger charge is 2.05. The van der Waals surface area contributed by atoms with Crippen LogP contribution in [0.2, 0.25) is 0 Å². The van der Waals surface area contributed by atoms with Crippen molar-refractivity contribution in [3.05, 3.63) is 42.5 Å². The van der Waals surface area contributed by atoms with Gasteiger partial charge in [-0.25, -0.2) is 9.97 Å². The van der Waals surface area contributed by atoms with Crippen LogP contribution in [-0.4, -0.2) is 20.7 Å². The first-order chi connectivity index (χ1) is 8.29. The number of pyridine rings is 1. The molecule has 17 heavy (non-hydrogen) atoms. The summed E-state index contributed by atoms with van der Waals surface area (Å²) in [5.41, 5.74) is 0.505. The van der Waals surface area contributed by atoms with Crippen molar-refractivity contribution in [3.63, 3.8) is 0 Å². The quantitative estimate of drug-likeness (QED) is 0.612. The first-order valence-electron chi connectivity index (χ1n) is 5.23. The Hall–Kier alpha value is -1.75. The molecular formula is C12H11N3OS. The molecule has 0 amide bonds. The average molecular weight is 245 g/mol. The maximum absolute atomic E-state index is 11.4. The first kappa shape index (κ1) is 11.7. The second-order valence-electron chi connectivity index (χ2n) is 3.29. The number of nitrogens with zero attached hydrogens (tertiary/aromatic N) is 3. The van der Waals surface area contributed by atoms with Crippen molar-refractivity contribution in [1.29, 1.82) is 0 Å². The van der Waals surface area contributed by atoms with Crippen LogP contribution in [0.5, 0.6) is 0 Å². The zero-order valence-electron chi connectivity index (χ0n) is 9.33. The first-order valence-corrected chi connectivity index (χ1v) is 6.05. The molecule has 2 heterocycles. The van der Waals surface area contributed by atoms with E-state index in [-0.39, 0.29) is 5.78 Å². The SMILES string of the molecule is CCC(=O)c1ccc(Sc2ncccn2)cn1. The lowest BCUT2D eigenvalue weighted by atomic mass is 10.2. The van der Waals surface area contributed by atoms with E-state index in [1.807, 2.05) is 13.0 Å². The number of Topliss-reactive ketones (excluding diaryl/α,β-unsaturated/α-hetero) is 1. The van der Waals surface area contributed by atoms with Crippen molar-refractivity contribution < 1.29 is 4.79 Å². The number of rotatable bonds is 4. The standard InChI is InChI=1S/C12H11N3OS/c1-2-11(16)10-5-4-9(8-15-10)17-12-13-6-3-7-14-12/h3-8H,2H2,1H3. The number of aromatic nitrogens is 3. The molecular weight excluding hydrogens is 234 g/mol. The van der Waals surface area contributed by atoms with E-state index in [0.29, 0.717) is 17.3 Å². The average Bonchev–Trinajstić information content (AvgIpc) is 2.40. The third-order valence-electron chi connectivity index (χ3n) is 2.09. The summed E-state index contributed by atoms with van der Waals surface area (Å²) in [4.78, 5) is 24.6. The number of hydrogen-bond acceptors (Lipinski definition) is 5. The van der Waals surface area contributed by atoms with Crippen LogP contribution in [0.15, 0.2) is 46.8 Å². The number of carbonyl (C=O) groups excluding carboxylic acids is 1. The van der Waals surface area contributed by atoms with Gasteiger partial charge in [-0.05, 0) is 30.0 Å². The van der Waals surface area contributed by atoms with Gasteiger partial charge in [0.15, 0.2) is 10.9 Å². The smallest absolute Gasteiger partial charge is 0.192 e. The fraction of sp³-hybridized carbons (Fsp3) is 0.167. The minimum atomic E-state index is 0.0533. The van der Waals surface area contributed by atoms with Gasteiger partial charge in [-0.15, -0.1) is 0 Å². The van der Waals surface area contributed by atoms with Gasteiger partial charge < -0.3 is 0 Å². The second-order valence-corrected chi connectivity index (χ2v) is 4.33. The highest BCUT2D eigenvalue weighted by Crippen LogP contribution is 2.23. The third kappa shape index (κ3) is 3.10.